The van der Waals surface area contributed by atoms with E-state index < -0.39 is 11.9 Å². The molecule has 2 aromatic carbocycles. The van der Waals surface area contributed by atoms with Gasteiger partial charge in [0.05, 0.1) is 35.5 Å². The Morgan fingerprint density at radius 1 is 1.07 bits per heavy atom. The molecule has 148 valence electrons. The second-order valence-electron chi connectivity index (χ2n) is 5.55. The highest BCUT2D eigenvalue weighted by Gasteiger charge is 2.16. The molecule has 0 heterocycles. The number of rotatable bonds is 7. The van der Waals surface area contributed by atoms with Crippen LogP contribution in [0.25, 0.3) is 6.08 Å². The Bertz CT molecular complexity index is 888. The lowest BCUT2D eigenvalue weighted by atomic mass is 10.2. The zero-order valence-electron chi connectivity index (χ0n) is 15.5. The molecule has 0 atom stereocenters. The molecule has 0 aliphatic rings. The Morgan fingerprint density at radius 3 is 2.32 bits per heavy atom. The molecule has 28 heavy (non-hydrogen) atoms. The summed E-state index contributed by atoms with van der Waals surface area (Å²) in [4.78, 5) is 23.8. The van der Waals surface area contributed by atoms with E-state index in [9.17, 15) is 9.59 Å². The molecule has 1 amide bonds. The normalized spacial score (nSPS) is 10.6. The van der Waals surface area contributed by atoms with E-state index in [2.05, 4.69) is 10.1 Å². The predicted octanol–water partition coefficient (Wildman–Crippen LogP) is 4.84. The minimum Gasteiger partial charge on any atom is -0.493 e. The summed E-state index contributed by atoms with van der Waals surface area (Å²) in [6.07, 6.45) is 3.82. The molecule has 1 N–H and O–H groups in total. The Hall–Kier alpha value is -2.70. The van der Waals surface area contributed by atoms with Gasteiger partial charge in [-0.15, -0.1) is 0 Å². The van der Waals surface area contributed by atoms with Gasteiger partial charge in [-0.2, -0.15) is 0 Å². The van der Waals surface area contributed by atoms with E-state index >= 15 is 0 Å². The summed E-state index contributed by atoms with van der Waals surface area (Å²) >= 11 is 12.2. The monoisotopic (exact) mass is 423 g/mol. The number of amides is 1. The van der Waals surface area contributed by atoms with Crippen molar-refractivity contribution in [1.82, 2.24) is 0 Å². The van der Waals surface area contributed by atoms with Gasteiger partial charge in [0.2, 0.25) is 0 Å². The number of hydrogen-bond acceptors (Lipinski definition) is 5. The van der Waals surface area contributed by atoms with Crippen LogP contribution in [0.4, 0.5) is 5.69 Å². The fraction of sp³-hybridized carbons (Fsp3) is 0.200. The minimum atomic E-state index is -0.585. The van der Waals surface area contributed by atoms with E-state index in [1.54, 1.807) is 12.1 Å². The fourth-order valence-electron chi connectivity index (χ4n) is 2.35. The van der Waals surface area contributed by atoms with Crippen LogP contribution < -0.4 is 14.8 Å². The number of halogens is 2. The van der Waals surface area contributed by atoms with Crippen LogP contribution in [-0.2, 0) is 9.53 Å². The maximum absolute atomic E-state index is 12.2. The van der Waals surface area contributed by atoms with Gasteiger partial charge in [0.15, 0.2) is 18.1 Å². The standard InChI is InChI=1S/C20H19Cl2NO5/c1-4-5-12-6-7-16(17(8-12)26-2)28-11-18(24)23-19-14(21)9-13(10-15(19)22)20(25)27-3/h4-10H,11H2,1-3H3,(H,23,24). The van der Waals surface area contributed by atoms with Gasteiger partial charge >= 0.3 is 5.97 Å². The van der Waals surface area contributed by atoms with Crippen LogP contribution in [0, 0.1) is 0 Å². The number of ether oxygens (including phenoxy) is 3. The fourth-order valence-corrected chi connectivity index (χ4v) is 2.93. The van der Waals surface area contributed by atoms with Crippen LogP contribution in [0.3, 0.4) is 0 Å². The van der Waals surface area contributed by atoms with Gasteiger partial charge in [-0.1, -0.05) is 41.4 Å². The van der Waals surface area contributed by atoms with Gasteiger partial charge < -0.3 is 19.5 Å². The summed E-state index contributed by atoms with van der Waals surface area (Å²) in [5, 5.41) is 2.78. The number of benzene rings is 2. The molecule has 6 nitrogen and oxygen atoms in total. The first-order chi connectivity index (χ1) is 13.4. The second kappa shape index (κ2) is 10.0. The van der Waals surface area contributed by atoms with Crippen LogP contribution in [0.15, 0.2) is 36.4 Å². The molecule has 2 rings (SSSR count). The first-order valence-corrected chi connectivity index (χ1v) is 8.96. The van der Waals surface area contributed by atoms with Crippen molar-refractivity contribution in [3.05, 3.63) is 57.6 Å². The zero-order valence-corrected chi connectivity index (χ0v) is 17.1. The Kier molecular flexibility index (Phi) is 7.72. The summed E-state index contributed by atoms with van der Waals surface area (Å²) in [5.74, 6) is -0.140. The second-order valence-corrected chi connectivity index (χ2v) is 6.37. The van der Waals surface area contributed by atoms with Gasteiger partial charge in [0, 0.05) is 0 Å². The van der Waals surface area contributed by atoms with Crippen molar-refractivity contribution in [2.24, 2.45) is 0 Å². The van der Waals surface area contributed by atoms with E-state index in [1.807, 2.05) is 25.1 Å². The van der Waals surface area contributed by atoms with E-state index in [0.29, 0.717) is 11.5 Å². The largest absolute Gasteiger partial charge is 0.493 e. The molecule has 0 saturated carbocycles. The number of nitrogens with one attached hydrogen (secondary N) is 1. The first kappa shape index (κ1) is 21.6. The summed E-state index contributed by atoms with van der Waals surface area (Å²) in [6.45, 7) is 1.62. The van der Waals surface area contributed by atoms with Crippen LogP contribution in [-0.4, -0.2) is 32.7 Å². The molecule has 0 aromatic heterocycles. The Balaban J connectivity index is 2.08. The van der Waals surface area contributed by atoms with Crippen molar-refractivity contribution in [2.75, 3.05) is 26.1 Å². The van der Waals surface area contributed by atoms with Crippen molar-refractivity contribution < 1.29 is 23.8 Å². The zero-order chi connectivity index (χ0) is 20.7. The molecule has 0 saturated heterocycles. The number of carbonyl (C=O) groups is 2. The molecular formula is C20H19Cl2NO5. The molecule has 0 radical (unpaired) electrons. The van der Waals surface area contributed by atoms with Crippen LogP contribution in [0.2, 0.25) is 10.0 Å². The van der Waals surface area contributed by atoms with Gasteiger partial charge in [0.1, 0.15) is 0 Å². The van der Waals surface area contributed by atoms with Gasteiger partial charge in [-0.3, -0.25) is 4.79 Å². The molecule has 2 aromatic rings. The summed E-state index contributed by atoms with van der Waals surface area (Å²) in [6, 6.07) is 8.07. The molecule has 8 heteroatoms. The van der Waals surface area contributed by atoms with Gasteiger partial charge in [-0.05, 0) is 36.8 Å². The van der Waals surface area contributed by atoms with Crippen molar-refractivity contribution in [3.63, 3.8) is 0 Å². The third-order valence-electron chi connectivity index (χ3n) is 3.63. The summed E-state index contributed by atoms with van der Waals surface area (Å²) in [7, 11) is 2.76. The van der Waals surface area contributed by atoms with Gasteiger partial charge in [0.25, 0.3) is 5.91 Å². The van der Waals surface area contributed by atoms with Crippen molar-refractivity contribution >= 4 is 46.8 Å². The average molecular weight is 424 g/mol. The highest BCUT2D eigenvalue weighted by Crippen LogP contribution is 2.32. The number of hydrogen-bond donors (Lipinski definition) is 1. The molecule has 0 spiro atoms. The average Bonchev–Trinajstić information content (AvgIpc) is 2.68. The summed E-state index contributed by atoms with van der Waals surface area (Å²) < 4.78 is 15.4. The number of methoxy groups -OCH3 is 2. The highest BCUT2D eigenvalue weighted by molar-refractivity contribution is 6.40. The van der Waals surface area contributed by atoms with E-state index in [1.165, 1.54) is 26.4 Å². The first-order valence-electron chi connectivity index (χ1n) is 8.20. The quantitative estimate of drug-likeness (QED) is 0.644. The maximum atomic E-state index is 12.2. The van der Waals surface area contributed by atoms with Gasteiger partial charge in [-0.25, -0.2) is 4.79 Å². The number of anilines is 1. The van der Waals surface area contributed by atoms with Crippen LogP contribution >= 0.6 is 23.2 Å². The van der Waals surface area contributed by atoms with Crippen LogP contribution in [0.5, 0.6) is 11.5 Å². The molecular weight excluding hydrogens is 405 g/mol. The third kappa shape index (κ3) is 5.41. The maximum Gasteiger partial charge on any atom is 0.337 e. The van der Waals surface area contributed by atoms with E-state index in [4.69, 9.17) is 32.7 Å². The van der Waals surface area contributed by atoms with Crippen LogP contribution in [0.1, 0.15) is 22.8 Å². The van der Waals surface area contributed by atoms with E-state index in [-0.39, 0.29) is 27.9 Å². The molecule has 0 fully saturated rings. The molecule has 0 aliphatic heterocycles. The highest BCUT2D eigenvalue weighted by atomic mass is 35.5. The number of esters is 1. The van der Waals surface area contributed by atoms with E-state index in [0.717, 1.165) is 5.56 Å². The third-order valence-corrected chi connectivity index (χ3v) is 4.23. The molecule has 0 aliphatic carbocycles. The molecule has 0 unspecified atom stereocenters. The number of allylic oxidation sites excluding steroid dienone is 1. The minimum absolute atomic E-state index is 0.106. The Morgan fingerprint density at radius 2 is 1.75 bits per heavy atom. The lowest BCUT2D eigenvalue weighted by Crippen LogP contribution is -2.21. The lowest BCUT2D eigenvalue weighted by molar-refractivity contribution is -0.118. The number of carbonyl (C=O) groups excluding carboxylic acids is 2. The van der Waals surface area contributed by atoms with Crippen molar-refractivity contribution in [3.8, 4) is 11.5 Å². The topological polar surface area (TPSA) is 73.9 Å². The van der Waals surface area contributed by atoms with Crippen molar-refractivity contribution in [1.29, 1.82) is 0 Å². The SMILES string of the molecule is CC=Cc1ccc(OCC(=O)Nc2c(Cl)cc(C(=O)OC)cc2Cl)c(OC)c1. The van der Waals surface area contributed by atoms with Crippen molar-refractivity contribution in [2.45, 2.75) is 6.92 Å². The lowest BCUT2D eigenvalue weighted by Gasteiger charge is -2.13. The smallest absolute Gasteiger partial charge is 0.337 e. The summed E-state index contributed by atoms with van der Waals surface area (Å²) in [5.41, 5.74) is 1.30. The predicted molar refractivity (Wildman–Crippen MR) is 110 cm³/mol. The molecule has 0 bridgehead atoms. The Labute approximate surface area is 173 Å².